The Labute approximate surface area is 308 Å². The number of unbranched alkanes of at least 4 members (excludes halogenated alkanes) is 3. The van der Waals surface area contributed by atoms with Crippen LogP contribution in [0.1, 0.15) is 79.5 Å². The Morgan fingerprint density at radius 1 is 0.923 bits per heavy atom. The predicted molar refractivity (Wildman–Crippen MR) is 204 cm³/mol. The molecule has 0 radical (unpaired) electrons. The fraction of sp³-hybridized carbons (Fsp3) is 0.512. The van der Waals surface area contributed by atoms with Crippen molar-refractivity contribution in [3.05, 3.63) is 83.0 Å². The van der Waals surface area contributed by atoms with E-state index >= 15 is 0 Å². The third-order valence-electron chi connectivity index (χ3n) is 11.0. The highest BCUT2D eigenvalue weighted by molar-refractivity contribution is 6.00. The minimum Gasteiger partial charge on any atom is -0.494 e. The summed E-state index contributed by atoms with van der Waals surface area (Å²) in [5.74, 6) is 1.31. The minimum atomic E-state index is -0.612. The van der Waals surface area contributed by atoms with Gasteiger partial charge in [-0.3, -0.25) is 29.5 Å². The van der Waals surface area contributed by atoms with Crippen LogP contribution in [0.25, 0.3) is 0 Å². The average Bonchev–Trinajstić information content (AvgIpc) is 3.15. The van der Waals surface area contributed by atoms with Gasteiger partial charge in [0.05, 0.1) is 18.5 Å². The van der Waals surface area contributed by atoms with Gasteiger partial charge < -0.3 is 20.3 Å². The number of anilines is 2. The zero-order chi connectivity index (χ0) is 36.3. The zero-order valence-corrected chi connectivity index (χ0v) is 30.7. The van der Waals surface area contributed by atoms with Crippen LogP contribution in [0.4, 0.5) is 11.5 Å². The second kappa shape index (κ2) is 18.3. The predicted octanol–water partition coefficient (Wildman–Crippen LogP) is 4.88. The number of pyridine rings is 1. The molecule has 11 heteroatoms. The normalized spacial score (nSPS) is 19.0. The molecule has 52 heavy (non-hydrogen) atoms. The lowest BCUT2D eigenvalue weighted by molar-refractivity contribution is -0.141. The summed E-state index contributed by atoms with van der Waals surface area (Å²) >= 11 is 0. The van der Waals surface area contributed by atoms with Gasteiger partial charge in [0.15, 0.2) is 0 Å². The Balaban J connectivity index is 0.868. The van der Waals surface area contributed by atoms with Crippen LogP contribution in [0.15, 0.2) is 60.8 Å². The second-order valence-electron chi connectivity index (χ2n) is 14.7. The van der Waals surface area contributed by atoms with Crippen molar-refractivity contribution < 1.29 is 19.1 Å². The van der Waals surface area contributed by atoms with Gasteiger partial charge in [-0.15, -0.1) is 0 Å². The van der Waals surface area contributed by atoms with Gasteiger partial charge in [0, 0.05) is 45.7 Å². The molecule has 3 aromatic rings. The molecule has 3 N–H and O–H groups in total. The van der Waals surface area contributed by atoms with Crippen molar-refractivity contribution in [2.75, 3.05) is 63.1 Å². The van der Waals surface area contributed by atoms with Crippen LogP contribution in [0, 0.1) is 6.92 Å². The van der Waals surface area contributed by atoms with Crippen LogP contribution in [0.3, 0.4) is 0 Å². The fourth-order valence-corrected chi connectivity index (χ4v) is 7.74. The zero-order valence-electron chi connectivity index (χ0n) is 30.7. The Morgan fingerprint density at radius 2 is 1.73 bits per heavy atom. The monoisotopic (exact) mass is 709 g/mol. The van der Waals surface area contributed by atoms with E-state index in [0.717, 1.165) is 107 Å². The number of likely N-dealkylation sites (tertiary alicyclic amines) is 1. The first-order valence-corrected chi connectivity index (χ1v) is 19.1. The van der Waals surface area contributed by atoms with Gasteiger partial charge in [-0.2, -0.15) is 0 Å². The minimum absolute atomic E-state index is 0.252. The van der Waals surface area contributed by atoms with Crippen LogP contribution in [-0.4, -0.2) is 96.4 Å². The summed E-state index contributed by atoms with van der Waals surface area (Å²) in [5.41, 5.74) is 11.6. The van der Waals surface area contributed by atoms with Crippen molar-refractivity contribution >= 4 is 29.7 Å². The third kappa shape index (κ3) is 10.3. The first-order valence-electron chi connectivity index (χ1n) is 19.1. The number of nitrogens with two attached hydrogens (primary N) is 1. The first kappa shape index (κ1) is 37.3. The smallest absolute Gasteiger partial charge is 0.249 e. The molecule has 3 aliphatic rings. The summed E-state index contributed by atoms with van der Waals surface area (Å²) in [7, 11) is 0. The number of nitrogens with one attached hydrogen (secondary N) is 1. The number of hydrogen-bond acceptors (Lipinski definition) is 9. The molecule has 2 aromatic carbocycles. The number of imide groups is 1. The molecular weight excluding hydrogens is 654 g/mol. The highest BCUT2D eigenvalue weighted by atomic mass is 16.5. The van der Waals surface area contributed by atoms with E-state index in [1.165, 1.54) is 35.3 Å². The summed E-state index contributed by atoms with van der Waals surface area (Å²) in [4.78, 5) is 49.2. The number of piperidine rings is 2. The lowest BCUT2D eigenvalue weighted by Crippen LogP contribution is -2.51. The number of nitrogen functional groups attached to an aromatic ring is 1. The molecule has 278 valence electrons. The highest BCUT2D eigenvalue weighted by Crippen LogP contribution is 2.31. The van der Waals surface area contributed by atoms with Crippen LogP contribution in [0.2, 0.25) is 0 Å². The van der Waals surface area contributed by atoms with Gasteiger partial charge in [0.2, 0.25) is 18.2 Å². The first-order chi connectivity index (χ1) is 25.3. The Bertz CT molecular complexity index is 1630. The average molecular weight is 710 g/mol. The van der Waals surface area contributed by atoms with Crippen molar-refractivity contribution in [3.8, 4) is 5.75 Å². The highest BCUT2D eigenvalue weighted by Gasteiger charge is 2.31. The molecule has 0 bridgehead atoms. The number of carbonyl (C=O) groups excluding carboxylic acids is 3. The van der Waals surface area contributed by atoms with Crippen molar-refractivity contribution in [2.24, 2.45) is 0 Å². The molecule has 1 unspecified atom stereocenters. The molecule has 11 nitrogen and oxygen atoms in total. The van der Waals surface area contributed by atoms with E-state index in [1.807, 2.05) is 19.2 Å². The maximum atomic E-state index is 12.4. The van der Waals surface area contributed by atoms with Crippen molar-refractivity contribution in [1.82, 2.24) is 25.0 Å². The molecule has 3 aliphatic heterocycles. The SMILES string of the molecule is Cc1ccc(C2CCN(Cc3cccc(OCCCCCCN4CCN(c5ccc(N)nc5)CC4)c3)CC2)cc1CN(C=O)C1CCC(=O)NC1=O. The number of ether oxygens (including phenoxy) is 1. The number of carbonyl (C=O) groups is 3. The Morgan fingerprint density at radius 3 is 2.48 bits per heavy atom. The van der Waals surface area contributed by atoms with E-state index in [9.17, 15) is 14.4 Å². The largest absolute Gasteiger partial charge is 0.494 e. The number of aryl methyl sites for hydroxylation is 1. The van der Waals surface area contributed by atoms with Gasteiger partial charge in [0.1, 0.15) is 17.6 Å². The molecule has 6 rings (SSSR count). The Hall–Kier alpha value is -4.48. The molecule has 0 aliphatic carbocycles. The summed E-state index contributed by atoms with van der Waals surface area (Å²) in [6.45, 7) is 11.5. The van der Waals surface area contributed by atoms with E-state index in [-0.39, 0.29) is 18.2 Å². The van der Waals surface area contributed by atoms with Gasteiger partial charge in [0.25, 0.3) is 0 Å². The van der Waals surface area contributed by atoms with E-state index < -0.39 is 6.04 Å². The molecule has 1 aromatic heterocycles. The van der Waals surface area contributed by atoms with Crippen LogP contribution in [0.5, 0.6) is 5.75 Å². The molecule has 3 amide bonds. The van der Waals surface area contributed by atoms with Gasteiger partial charge in [-0.05, 0) is 111 Å². The molecule has 0 spiro atoms. The molecule has 3 fully saturated rings. The molecule has 1 atom stereocenters. The van der Waals surface area contributed by atoms with Crippen LogP contribution >= 0.6 is 0 Å². The van der Waals surface area contributed by atoms with Crippen molar-refractivity contribution in [1.29, 1.82) is 0 Å². The number of amides is 3. The summed E-state index contributed by atoms with van der Waals surface area (Å²) < 4.78 is 6.16. The van der Waals surface area contributed by atoms with E-state index in [4.69, 9.17) is 10.5 Å². The van der Waals surface area contributed by atoms with E-state index in [1.54, 1.807) is 0 Å². The van der Waals surface area contributed by atoms with Gasteiger partial charge in [-0.1, -0.05) is 43.2 Å². The summed E-state index contributed by atoms with van der Waals surface area (Å²) in [5, 5.41) is 2.37. The number of hydrogen-bond donors (Lipinski definition) is 2. The topological polar surface area (TPSA) is 124 Å². The lowest BCUT2D eigenvalue weighted by Gasteiger charge is -2.36. The van der Waals surface area contributed by atoms with Gasteiger partial charge in [-0.25, -0.2) is 4.98 Å². The number of piperazine rings is 1. The number of rotatable bonds is 16. The maximum absolute atomic E-state index is 12.4. The Kier molecular flexibility index (Phi) is 13.1. The number of benzene rings is 2. The van der Waals surface area contributed by atoms with E-state index in [0.29, 0.717) is 24.7 Å². The van der Waals surface area contributed by atoms with Crippen molar-refractivity contribution in [3.63, 3.8) is 0 Å². The summed E-state index contributed by atoms with van der Waals surface area (Å²) in [6.07, 6.45) is 10.1. The number of aromatic nitrogens is 1. The van der Waals surface area contributed by atoms with Crippen molar-refractivity contribution in [2.45, 2.75) is 83.3 Å². The van der Waals surface area contributed by atoms with E-state index in [2.05, 4.69) is 73.5 Å². The third-order valence-corrected chi connectivity index (χ3v) is 11.0. The van der Waals surface area contributed by atoms with Crippen LogP contribution in [-0.2, 0) is 27.5 Å². The lowest BCUT2D eigenvalue weighted by atomic mass is 9.87. The fourth-order valence-electron chi connectivity index (χ4n) is 7.74. The number of nitrogens with zero attached hydrogens (tertiary/aromatic N) is 5. The molecule has 0 saturated carbocycles. The second-order valence-corrected chi connectivity index (χ2v) is 14.7. The quantitative estimate of drug-likeness (QED) is 0.122. The molecule has 3 saturated heterocycles. The standard InChI is InChI=1S/C41H55N7O4/c1-31-9-10-34(26-35(31)29-48(30-49)38-12-14-40(50)44-41(38)51)33-15-18-46(19-16-33)28-32-7-6-8-37(25-32)52-24-5-3-2-4-17-45-20-22-47(23-21-45)36-11-13-39(42)43-27-36/h6-11,13,25-27,30,33,38H,2-5,12,14-24,28-29H2,1H3,(H2,42,43)(H,44,50,51). The van der Waals surface area contributed by atoms with Crippen LogP contribution < -0.4 is 20.7 Å². The molecular formula is C41H55N7O4. The summed E-state index contributed by atoms with van der Waals surface area (Å²) in [6, 6.07) is 18.4. The maximum Gasteiger partial charge on any atom is 0.249 e. The molecule has 4 heterocycles. The van der Waals surface area contributed by atoms with Gasteiger partial charge >= 0.3 is 0 Å².